The quantitative estimate of drug-likeness (QED) is 0.309. The fraction of sp³-hybridized carbons (Fsp3) is 0.625. The molecule has 194 valence electrons. The minimum atomic E-state index is -3.51. The van der Waals surface area contributed by atoms with E-state index in [-0.39, 0.29) is 8.81 Å². The van der Waals surface area contributed by atoms with Crippen LogP contribution in [0.1, 0.15) is 64.2 Å². The number of nitrogens with one attached hydrogen (secondary N) is 1. The number of amides is 2. The number of piperidine rings is 1. The third-order valence-corrected chi connectivity index (χ3v) is 5.98. The molecule has 0 aromatic heterocycles. The zero-order chi connectivity index (χ0) is 25.1. The number of aryl methyl sites for hydroxylation is 1. The molecule has 2 aliphatic heterocycles. The van der Waals surface area contributed by atoms with E-state index in [1.165, 1.54) is 25.9 Å². The molecular weight excluding hydrogens is 444 g/mol. The molecule has 0 atom stereocenters. The minimum Gasteiger partial charge on any atom is -0.494 e. The summed E-state index contributed by atoms with van der Waals surface area (Å²) in [5, 5.41) is 3.22. The zero-order valence-electron chi connectivity index (χ0n) is 20.1. The van der Waals surface area contributed by atoms with Crippen molar-refractivity contribution >= 4 is 17.8 Å². The number of guanidine groups is 1. The van der Waals surface area contributed by atoms with E-state index in [2.05, 4.69) is 10.3 Å². The summed E-state index contributed by atoms with van der Waals surface area (Å²) < 4.78 is 31.6. The number of benzene rings is 1. The molecule has 2 saturated heterocycles. The molecule has 0 unspecified atom stereocenters. The van der Waals surface area contributed by atoms with Gasteiger partial charge >= 0.3 is 11.8 Å². The van der Waals surface area contributed by atoms with Crippen molar-refractivity contribution in [2.24, 2.45) is 22.4 Å². The molecule has 34 heavy (non-hydrogen) atoms. The molecule has 5 N–H and O–H groups in total. The molecule has 1 aromatic rings. The van der Waals surface area contributed by atoms with Crippen LogP contribution in [-0.2, 0) is 4.79 Å². The molecular formula is C24H41F2N5O3. The number of rotatable bonds is 7. The lowest BCUT2D eigenvalue weighted by Crippen LogP contribution is -2.44. The van der Waals surface area contributed by atoms with Gasteiger partial charge in [-0.3, -0.25) is 9.59 Å². The van der Waals surface area contributed by atoms with E-state index in [9.17, 15) is 18.4 Å². The molecule has 2 amide bonds. The van der Waals surface area contributed by atoms with Gasteiger partial charge in [0.15, 0.2) is 5.96 Å². The lowest BCUT2D eigenvalue weighted by atomic mass is 9.92. The highest BCUT2D eigenvalue weighted by atomic mass is 19.3. The predicted octanol–water partition coefficient (Wildman–Crippen LogP) is 3.32. The van der Waals surface area contributed by atoms with Crippen LogP contribution in [-0.4, -0.2) is 61.4 Å². The van der Waals surface area contributed by atoms with Crippen LogP contribution in [0.15, 0.2) is 23.2 Å². The predicted molar refractivity (Wildman–Crippen MR) is 132 cm³/mol. The van der Waals surface area contributed by atoms with E-state index in [0.717, 1.165) is 31.2 Å². The van der Waals surface area contributed by atoms with Crippen LogP contribution in [0.3, 0.4) is 0 Å². The number of nitrogens with two attached hydrogens (primary N) is 2. The number of aliphatic imine (C=N–C) groups is 1. The van der Waals surface area contributed by atoms with Crippen LogP contribution >= 0.6 is 0 Å². The number of hydrogen-bond acceptors (Lipinski definition) is 4. The van der Waals surface area contributed by atoms with Crippen molar-refractivity contribution in [3.8, 4) is 5.75 Å². The summed E-state index contributed by atoms with van der Waals surface area (Å²) in [4.78, 5) is 27.5. The van der Waals surface area contributed by atoms with Crippen LogP contribution in [0.2, 0.25) is 0 Å². The Morgan fingerprint density at radius 3 is 2.38 bits per heavy atom. The van der Waals surface area contributed by atoms with Gasteiger partial charge in [-0.2, -0.15) is 13.8 Å². The molecule has 3 rings (SSSR count). The van der Waals surface area contributed by atoms with Crippen LogP contribution < -0.4 is 21.5 Å². The number of primary amides is 1. The molecule has 0 spiro atoms. The molecule has 2 heterocycles. The van der Waals surface area contributed by atoms with Crippen molar-refractivity contribution in [1.29, 1.82) is 0 Å². The first-order chi connectivity index (χ1) is 16.1. The fourth-order valence-corrected chi connectivity index (χ4v) is 3.91. The smallest absolute Gasteiger partial charge is 0.324 e. The van der Waals surface area contributed by atoms with Gasteiger partial charge in [0.2, 0.25) is 5.91 Å². The van der Waals surface area contributed by atoms with Crippen molar-refractivity contribution in [2.45, 2.75) is 58.3 Å². The molecule has 0 aliphatic carbocycles. The second-order valence-corrected chi connectivity index (χ2v) is 8.88. The fourth-order valence-electron chi connectivity index (χ4n) is 3.91. The number of halogens is 2. The molecule has 2 fully saturated rings. The van der Waals surface area contributed by atoms with Crippen LogP contribution in [0.4, 0.5) is 8.78 Å². The van der Waals surface area contributed by atoms with E-state index in [1.54, 1.807) is 23.1 Å². The summed E-state index contributed by atoms with van der Waals surface area (Å²) >= 11 is 0. The molecule has 0 saturated carbocycles. The Morgan fingerprint density at radius 2 is 1.88 bits per heavy atom. The summed E-state index contributed by atoms with van der Waals surface area (Å²) in [5.41, 5.74) is 12.2. The van der Waals surface area contributed by atoms with E-state index in [0.29, 0.717) is 43.9 Å². The van der Waals surface area contributed by atoms with Gasteiger partial charge in [-0.25, -0.2) is 0 Å². The average molecular weight is 486 g/mol. The highest BCUT2D eigenvalue weighted by molar-refractivity contribution is 5.95. The van der Waals surface area contributed by atoms with Crippen LogP contribution in [0, 0.1) is 12.8 Å². The van der Waals surface area contributed by atoms with Gasteiger partial charge in [0, 0.05) is 28.4 Å². The standard InChI is InChI=1S/C20H28F2N4O3.C4H9N.2H2/c1-13-12-15(5-6-16(13)17(23)27)29-11-3-4-14-7-9-26(10-8-14)19(24)25-18(28)20(2,21)22;1-2-4-5-3-1;;/h5-6,12,14H,3-4,7-11H2,1-2H3,(H2,23,27)(H2,24,25,28);5H,1-4H2;2*1H. The van der Waals surface area contributed by atoms with Crippen LogP contribution in [0.5, 0.6) is 5.75 Å². The van der Waals surface area contributed by atoms with Crippen molar-refractivity contribution < 1.29 is 26.0 Å². The minimum absolute atomic E-state index is 0. The van der Waals surface area contributed by atoms with E-state index >= 15 is 0 Å². The number of carbonyl (C=O) groups is 2. The number of likely N-dealkylation sites (tertiary alicyclic amines) is 1. The van der Waals surface area contributed by atoms with Gasteiger partial charge in [0.1, 0.15) is 5.75 Å². The molecule has 10 heteroatoms. The first kappa shape index (κ1) is 27.5. The Balaban J connectivity index is 0.00000156. The Kier molecular flexibility index (Phi) is 10.7. The summed E-state index contributed by atoms with van der Waals surface area (Å²) in [5.74, 6) is -4.46. The molecule has 0 bridgehead atoms. The third kappa shape index (κ3) is 9.24. The Morgan fingerprint density at radius 1 is 1.24 bits per heavy atom. The largest absolute Gasteiger partial charge is 0.494 e. The van der Waals surface area contributed by atoms with Gasteiger partial charge in [0.05, 0.1) is 6.61 Å². The Bertz CT molecular complexity index is 849. The maximum absolute atomic E-state index is 12.9. The lowest BCUT2D eigenvalue weighted by Gasteiger charge is -2.32. The molecule has 2 aliphatic rings. The van der Waals surface area contributed by atoms with Crippen molar-refractivity contribution in [3.05, 3.63) is 29.3 Å². The topological polar surface area (TPSA) is 123 Å². The number of alkyl halides is 2. The number of carbonyl (C=O) groups excluding carboxylic acids is 2. The first-order valence-corrected chi connectivity index (χ1v) is 11.8. The zero-order valence-corrected chi connectivity index (χ0v) is 20.1. The third-order valence-electron chi connectivity index (χ3n) is 5.98. The van der Waals surface area contributed by atoms with Crippen LogP contribution in [0.25, 0.3) is 0 Å². The molecule has 1 aromatic carbocycles. The Labute approximate surface area is 203 Å². The summed E-state index contributed by atoms with van der Waals surface area (Å²) in [6.07, 6.45) is 6.30. The highest BCUT2D eigenvalue weighted by Crippen LogP contribution is 2.23. The van der Waals surface area contributed by atoms with Gasteiger partial charge in [-0.05, 0) is 88.2 Å². The van der Waals surface area contributed by atoms with E-state index in [1.807, 2.05) is 6.92 Å². The number of nitrogens with zero attached hydrogens (tertiary/aromatic N) is 2. The van der Waals surface area contributed by atoms with Gasteiger partial charge < -0.3 is 26.4 Å². The van der Waals surface area contributed by atoms with Gasteiger partial charge in [0.25, 0.3) is 0 Å². The Hall–Kier alpha value is -2.75. The number of hydrogen-bond donors (Lipinski definition) is 3. The maximum Gasteiger partial charge on any atom is 0.324 e. The van der Waals surface area contributed by atoms with Crippen molar-refractivity contribution in [2.75, 3.05) is 32.8 Å². The summed E-state index contributed by atoms with van der Waals surface area (Å²) in [6, 6.07) is 5.18. The summed E-state index contributed by atoms with van der Waals surface area (Å²) in [7, 11) is 0. The molecule has 8 nitrogen and oxygen atoms in total. The molecule has 0 radical (unpaired) electrons. The second kappa shape index (κ2) is 13.2. The average Bonchev–Trinajstić information content (AvgIpc) is 3.36. The second-order valence-electron chi connectivity index (χ2n) is 8.88. The first-order valence-electron chi connectivity index (χ1n) is 11.8. The summed E-state index contributed by atoms with van der Waals surface area (Å²) in [6.45, 7) is 6.53. The monoisotopic (exact) mass is 485 g/mol. The van der Waals surface area contributed by atoms with Gasteiger partial charge in [-0.15, -0.1) is 0 Å². The van der Waals surface area contributed by atoms with Crippen molar-refractivity contribution in [1.82, 2.24) is 10.2 Å². The lowest BCUT2D eigenvalue weighted by molar-refractivity contribution is -0.139. The highest BCUT2D eigenvalue weighted by Gasteiger charge is 2.33. The van der Waals surface area contributed by atoms with E-state index < -0.39 is 17.7 Å². The van der Waals surface area contributed by atoms with Crippen molar-refractivity contribution in [3.63, 3.8) is 0 Å². The normalized spacial score (nSPS) is 17.2. The number of ether oxygens (including phenoxy) is 1. The van der Waals surface area contributed by atoms with Gasteiger partial charge in [-0.1, -0.05) is 0 Å². The SMILES string of the molecule is C1CCNC1.Cc1cc(OCCCC2CCN(C(N)=NC(=O)C(C)(F)F)CC2)ccc1C(N)=O.[HH].[HH]. The van der Waals surface area contributed by atoms with E-state index in [4.69, 9.17) is 16.2 Å². The maximum atomic E-state index is 12.9.